The molecule has 1 aromatic rings. The summed E-state index contributed by atoms with van der Waals surface area (Å²) in [5.74, 6) is 0.385. The van der Waals surface area contributed by atoms with E-state index in [2.05, 4.69) is 24.9 Å². The van der Waals surface area contributed by atoms with Gasteiger partial charge in [0.15, 0.2) is 17.4 Å². The third kappa shape index (κ3) is 3.45. The molecular formula is C19H20FN7O2S. The zero-order chi connectivity index (χ0) is 21.4. The molecule has 3 heterocycles. The van der Waals surface area contributed by atoms with Crippen molar-refractivity contribution in [3.05, 3.63) is 46.2 Å². The SMILES string of the molecule is CNC(=O)Cc1cc2nn(Cc3ncc(F)c(OC)c3C)nc3c-2c1CSN=C3N. The zero-order valence-electron chi connectivity index (χ0n) is 16.7. The van der Waals surface area contributed by atoms with Crippen LogP contribution in [0.15, 0.2) is 16.7 Å². The summed E-state index contributed by atoms with van der Waals surface area (Å²) in [5.41, 5.74) is 11.1. The number of halogens is 1. The Bertz CT molecular complexity index is 1140. The number of nitrogens with zero attached hydrogens (tertiary/aromatic N) is 5. The molecule has 3 aliphatic rings. The van der Waals surface area contributed by atoms with Crippen molar-refractivity contribution in [3.63, 3.8) is 0 Å². The standard InChI is InChI=1S/C19H20FN7O2S/c1-9-14(23-6-12(20)18(9)29-3)7-27-24-13-4-10(5-15(28)22-2)11-8-30-26-19(21)17(25-27)16(11)13/h4,6H,5,7-8H2,1-3H3,(H2,21,26)(H,22,28). The highest BCUT2D eigenvalue weighted by atomic mass is 32.2. The molecule has 0 radical (unpaired) electrons. The van der Waals surface area contributed by atoms with E-state index < -0.39 is 5.82 Å². The fourth-order valence-corrected chi connectivity index (χ4v) is 4.23. The summed E-state index contributed by atoms with van der Waals surface area (Å²) in [6.07, 6.45) is 1.35. The number of rotatable bonds is 5. The first-order valence-electron chi connectivity index (χ1n) is 9.16. The molecule has 1 aromatic heterocycles. The fourth-order valence-electron chi connectivity index (χ4n) is 3.48. The molecule has 2 aliphatic heterocycles. The molecule has 0 atom stereocenters. The third-order valence-electron chi connectivity index (χ3n) is 5.00. The Morgan fingerprint density at radius 3 is 2.97 bits per heavy atom. The molecular weight excluding hydrogens is 409 g/mol. The Morgan fingerprint density at radius 1 is 1.43 bits per heavy atom. The second-order valence-electron chi connectivity index (χ2n) is 6.80. The van der Waals surface area contributed by atoms with Crippen molar-refractivity contribution < 1.29 is 13.9 Å². The molecule has 156 valence electrons. The van der Waals surface area contributed by atoms with Gasteiger partial charge in [-0.1, -0.05) is 0 Å². The van der Waals surface area contributed by atoms with E-state index in [1.165, 1.54) is 23.9 Å². The number of amidine groups is 1. The molecule has 0 saturated heterocycles. The van der Waals surface area contributed by atoms with Gasteiger partial charge in [0.1, 0.15) is 12.2 Å². The Morgan fingerprint density at radius 2 is 2.23 bits per heavy atom. The predicted octanol–water partition coefficient (Wildman–Crippen LogP) is 1.44. The van der Waals surface area contributed by atoms with Crippen LogP contribution < -0.4 is 15.8 Å². The lowest BCUT2D eigenvalue weighted by Crippen LogP contribution is -2.22. The average Bonchev–Trinajstić information content (AvgIpc) is 2.96. The maximum Gasteiger partial charge on any atom is 0.224 e. The van der Waals surface area contributed by atoms with Crippen molar-refractivity contribution in [1.29, 1.82) is 0 Å². The topological polar surface area (TPSA) is 120 Å². The fraction of sp³-hybridized carbons (Fsp3) is 0.316. The van der Waals surface area contributed by atoms with Crippen molar-refractivity contribution >= 4 is 23.7 Å². The smallest absolute Gasteiger partial charge is 0.224 e. The van der Waals surface area contributed by atoms with Crippen LogP contribution in [0.1, 0.15) is 28.1 Å². The van der Waals surface area contributed by atoms with Gasteiger partial charge >= 0.3 is 0 Å². The van der Waals surface area contributed by atoms with E-state index in [1.54, 1.807) is 14.0 Å². The second-order valence-corrected chi connectivity index (χ2v) is 7.53. The lowest BCUT2D eigenvalue weighted by molar-refractivity contribution is -0.119. The Balaban J connectivity index is 1.82. The normalized spacial score (nSPS) is 13.1. The summed E-state index contributed by atoms with van der Waals surface area (Å²) < 4.78 is 23.3. The van der Waals surface area contributed by atoms with Gasteiger partial charge in [-0.3, -0.25) is 9.78 Å². The maximum absolute atomic E-state index is 13.9. The number of amides is 1. The zero-order valence-corrected chi connectivity index (χ0v) is 17.5. The van der Waals surface area contributed by atoms with Crippen molar-refractivity contribution in [2.45, 2.75) is 25.6 Å². The largest absolute Gasteiger partial charge is 0.493 e. The van der Waals surface area contributed by atoms with Gasteiger partial charge in [-0.05, 0) is 36.1 Å². The van der Waals surface area contributed by atoms with Crippen LogP contribution in [0, 0.1) is 12.7 Å². The van der Waals surface area contributed by atoms with Gasteiger partial charge < -0.3 is 15.8 Å². The summed E-state index contributed by atoms with van der Waals surface area (Å²) in [6.45, 7) is 1.92. The molecule has 0 aromatic carbocycles. The Hall–Kier alpha value is -3.21. The van der Waals surface area contributed by atoms with Crippen LogP contribution in [0.5, 0.6) is 5.75 Å². The van der Waals surface area contributed by atoms with Crippen molar-refractivity contribution in [2.24, 2.45) is 10.1 Å². The van der Waals surface area contributed by atoms with E-state index in [1.807, 2.05) is 6.07 Å². The molecule has 0 unspecified atom stereocenters. The van der Waals surface area contributed by atoms with Crippen LogP contribution in [-0.2, 0) is 23.5 Å². The highest BCUT2D eigenvalue weighted by Gasteiger charge is 2.28. The van der Waals surface area contributed by atoms with Gasteiger partial charge in [0.2, 0.25) is 5.91 Å². The summed E-state index contributed by atoms with van der Waals surface area (Å²) in [4.78, 5) is 17.6. The number of carbonyl (C=O) groups excluding carboxylic acids is 1. The minimum atomic E-state index is -0.528. The van der Waals surface area contributed by atoms with Crippen LogP contribution in [0.3, 0.4) is 0 Å². The van der Waals surface area contributed by atoms with Crippen LogP contribution in [-0.4, -0.2) is 45.9 Å². The Kier molecular flexibility index (Phi) is 5.29. The number of nitrogens with one attached hydrogen (secondary N) is 1. The second kappa shape index (κ2) is 7.90. The van der Waals surface area contributed by atoms with E-state index in [0.717, 1.165) is 22.9 Å². The first-order chi connectivity index (χ1) is 14.4. The molecule has 0 fully saturated rings. The Labute approximate surface area is 176 Å². The lowest BCUT2D eigenvalue weighted by atomic mass is 10.1. The number of methoxy groups -OCH3 is 1. The quantitative estimate of drug-likeness (QED) is 0.589. The summed E-state index contributed by atoms with van der Waals surface area (Å²) >= 11 is 1.31. The maximum atomic E-state index is 13.9. The summed E-state index contributed by atoms with van der Waals surface area (Å²) in [7, 11) is 3.01. The average molecular weight is 429 g/mol. The van der Waals surface area contributed by atoms with Crippen molar-refractivity contribution in [1.82, 2.24) is 25.3 Å². The number of nitrogens with two attached hydrogens (primary N) is 1. The van der Waals surface area contributed by atoms with Gasteiger partial charge in [-0.2, -0.15) is 19.4 Å². The molecule has 9 nitrogen and oxygen atoms in total. The van der Waals surface area contributed by atoms with E-state index in [9.17, 15) is 9.18 Å². The predicted molar refractivity (Wildman–Crippen MR) is 111 cm³/mol. The molecule has 1 amide bonds. The molecule has 0 spiro atoms. The summed E-state index contributed by atoms with van der Waals surface area (Å²) in [6, 6.07) is 1.88. The minimum absolute atomic E-state index is 0.0923. The highest BCUT2D eigenvalue weighted by Crippen LogP contribution is 2.37. The van der Waals surface area contributed by atoms with Crippen LogP contribution in [0.4, 0.5) is 4.39 Å². The number of hydrogen-bond acceptors (Lipinski definition) is 8. The number of carbonyl (C=O) groups is 1. The van der Waals surface area contributed by atoms with Crippen LogP contribution in [0.2, 0.25) is 0 Å². The molecule has 0 saturated carbocycles. The third-order valence-corrected chi connectivity index (χ3v) is 5.74. The van der Waals surface area contributed by atoms with E-state index >= 15 is 0 Å². The van der Waals surface area contributed by atoms with Gasteiger partial charge in [0, 0.05) is 23.9 Å². The molecule has 11 heteroatoms. The van der Waals surface area contributed by atoms with Crippen molar-refractivity contribution in [2.75, 3.05) is 14.2 Å². The number of ether oxygens (including phenoxy) is 1. The van der Waals surface area contributed by atoms with Gasteiger partial charge in [0.25, 0.3) is 0 Å². The molecule has 0 bridgehead atoms. The van der Waals surface area contributed by atoms with E-state index in [0.29, 0.717) is 34.2 Å². The van der Waals surface area contributed by atoms with Gasteiger partial charge in [-0.25, -0.2) is 4.39 Å². The minimum Gasteiger partial charge on any atom is -0.493 e. The molecule has 3 N–H and O–H groups in total. The van der Waals surface area contributed by atoms with Gasteiger partial charge in [-0.15, -0.1) is 0 Å². The molecule has 1 aliphatic carbocycles. The summed E-state index contributed by atoms with van der Waals surface area (Å²) in [5, 5.41) is 11.8. The van der Waals surface area contributed by atoms with Gasteiger partial charge in [0.05, 0.1) is 31.1 Å². The first-order valence-corrected chi connectivity index (χ1v) is 10.1. The van der Waals surface area contributed by atoms with E-state index in [-0.39, 0.29) is 24.6 Å². The molecule has 30 heavy (non-hydrogen) atoms. The number of pyridine rings is 1. The van der Waals surface area contributed by atoms with Crippen LogP contribution >= 0.6 is 11.9 Å². The van der Waals surface area contributed by atoms with Crippen molar-refractivity contribution in [3.8, 4) is 17.0 Å². The number of aromatic nitrogens is 4. The van der Waals surface area contributed by atoms with Crippen LogP contribution in [0.25, 0.3) is 11.3 Å². The lowest BCUT2D eigenvalue weighted by Gasteiger charge is -2.14. The molecule has 4 rings (SSSR count). The monoisotopic (exact) mass is 429 g/mol. The van der Waals surface area contributed by atoms with E-state index in [4.69, 9.17) is 10.5 Å². The number of likely N-dealkylation sites (N-methyl/N-ethyl adjacent to an activating group) is 1. The number of hydrogen-bond donors (Lipinski definition) is 2. The first kappa shape index (κ1) is 20.1. The highest BCUT2D eigenvalue weighted by molar-refractivity contribution is 7.97.